The van der Waals surface area contributed by atoms with E-state index in [2.05, 4.69) is 10.3 Å². The van der Waals surface area contributed by atoms with Crippen LogP contribution in [0.5, 0.6) is 0 Å². The lowest BCUT2D eigenvalue weighted by Crippen LogP contribution is -2.37. The van der Waals surface area contributed by atoms with Gasteiger partial charge < -0.3 is 15.8 Å². The summed E-state index contributed by atoms with van der Waals surface area (Å²) >= 11 is 0. The average Bonchev–Trinajstić information content (AvgIpc) is 2.23. The van der Waals surface area contributed by atoms with Crippen LogP contribution in [-0.2, 0) is 4.74 Å². The van der Waals surface area contributed by atoms with Gasteiger partial charge in [-0.05, 0) is 38.8 Å². The van der Waals surface area contributed by atoms with Gasteiger partial charge in [0.1, 0.15) is 5.60 Å². The van der Waals surface area contributed by atoms with Crippen LogP contribution in [0.2, 0.25) is 0 Å². The molecule has 1 amide bonds. The standard InChI is InChI=1S/C14H23N3O2/c1-9(2)12(11-8-10(15)6-7-16-11)17-13(18)19-14(3,4)5/h6-9,12H,1-5H3,(H2,15,16)(H,17,18). The largest absolute Gasteiger partial charge is 0.444 e. The summed E-state index contributed by atoms with van der Waals surface area (Å²) in [6.07, 6.45) is 1.19. The van der Waals surface area contributed by atoms with Crippen LogP contribution < -0.4 is 11.1 Å². The number of nitrogens with two attached hydrogens (primary N) is 1. The van der Waals surface area contributed by atoms with Crippen LogP contribution in [0.1, 0.15) is 46.4 Å². The molecule has 3 N–H and O–H groups in total. The van der Waals surface area contributed by atoms with E-state index in [4.69, 9.17) is 10.5 Å². The lowest BCUT2D eigenvalue weighted by molar-refractivity contribution is 0.0488. The van der Waals surface area contributed by atoms with Gasteiger partial charge in [-0.25, -0.2) is 4.79 Å². The molecule has 0 aromatic carbocycles. The SMILES string of the molecule is CC(C)C(NC(=O)OC(C)(C)C)c1cc(N)ccn1. The molecule has 0 aliphatic carbocycles. The number of amides is 1. The maximum atomic E-state index is 11.8. The summed E-state index contributed by atoms with van der Waals surface area (Å²) < 4.78 is 5.26. The number of pyridine rings is 1. The molecule has 1 rings (SSSR count). The first-order valence-electron chi connectivity index (χ1n) is 6.40. The number of alkyl carbamates (subject to hydrolysis) is 1. The van der Waals surface area contributed by atoms with Crippen molar-refractivity contribution in [2.24, 2.45) is 5.92 Å². The first-order chi connectivity index (χ1) is 8.69. The number of hydrogen-bond acceptors (Lipinski definition) is 4. The molecule has 1 unspecified atom stereocenters. The van der Waals surface area contributed by atoms with Crippen molar-refractivity contribution >= 4 is 11.8 Å². The molecule has 5 heteroatoms. The van der Waals surface area contributed by atoms with Crippen LogP contribution >= 0.6 is 0 Å². The molecular weight excluding hydrogens is 242 g/mol. The molecule has 0 radical (unpaired) electrons. The maximum absolute atomic E-state index is 11.8. The summed E-state index contributed by atoms with van der Waals surface area (Å²) in [7, 11) is 0. The van der Waals surface area contributed by atoms with Gasteiger partial charge in [-0.2, -0.15) is 0 Å². The van der Waals surface area contributed by atoms with Crippen LogP contribution in [0, 0.1) is 5.92 Å². The minimum atomic E-state index is -0.519. The lowest BCUT2D eigenvalue weighted by Gasteiger charge is -2.25. The van der Waals surface area contributed by atoms with Crippen molar-refractivity contribution in [3.8, 4) is 0 Å². The molecule has 1 aromatic rings. The first-order valence-corrected chi connectivity index (χ1v) is 6.40. The normalized spacial score (nSPS) is 13.2. The Morgan fingerprint density at radius 2 is 2.05 bits per heavy atom. The van der Waals surface area contributed by atoms with E-state index in [0.29, 0.717) is 5.69 Å². The Morgan fingerprint density at radius 3 is 2.53 bits per heavy atom. The van der Waals surface area contributed by atoms with Crippen molar-refractivity contribution in [2.75, 3.05) is 5.73 Å². The molecule has 106 valence electrons. The Bertz CT molecular complexity index is 439. The number of nitrogens with one attached hydrogen (secondary N) is 1. The molecule has 0 spiro atoms. The van der Waals surface area contributed by atoms with E-state index in [1.807, 2.05) is 34.6 Å². The number of anilines is 1. The predicted octanol–water partition coefficient (Wildman–Crippen LogP) is 2.89. The summed E-state index contributed by atoms with van der Waals surface area (Å²) in [6.45, 7) is 9.50. The zero-order chi connectivity index (χ0) is 14.6. The number of carbonyl (C=O) groups is 1. The molecule has 0 bridgehead atoms. The van der Waals surface area contributed by atoms with Gasteiger partial charge in [-0.15, -0.1) is 0 Å². The Labute approximate surface area is 114 Å². The van der Waals surface area contributed by atoms with Crippen molar-refractivity contribution in [2.45, 2.75) is 46.3 Å². The summed E-state index contributed by atoms with van der Waals surface area (Å²) in [4.78, 5) is 16.1. The van der Waals surface area contributed by atoms with E-state index in [0.717, 1.165) is 5.69 Å². The van der Waals surface area contributed by atoms with Gasteiger partial charge in [0, 0.05) is 11.9 Å². The lowest BCUT2D eigenvalue weighted by atomic mass is 10.0. The average molecular weight is 265 g/mol. The van der Waals surface area contributed by atoms with Gasteiger partial charge in [0.05, 0.1) is 11.7 Å². The smallest absolute Gasteiger partial charge is 0.408 e. The molecule has 19 heavy (non-hydrogen) atoms. The highest BCUT2D eigenvalue weighted by Gasteiger charge is 2.23. The molecule has 1 atom stereocenters. The van der Waals surface area contributed by atoms with E-state index in [1.54, 1.807) is 18.3 Å². The Morgan fingerprint density at radius 1 is 1.42 bits per heavy atom. The molecule has 1 aromatic heterocycles. The number of aromatic nitrogens is 1. The third-order valence-corrected chi connectivity index (χ3v) is 2.46. The van der Waals surface area contributed by atoms with E-state index >= 15 is 0 Å². The summed E-state index contributed by atoms with van der Waals surface area (Å²) in [6, 6.07) is 3.26. The zero-order valence-electron chi connectivity index (χ0n) is 12.2. The Hall–Kier alpha value is -1.78. The van der Waals surface area contributed by atoms with Gasteiger partial charge in [-0.1, -0.05) is 13.8 Å². The molecule has 0 saturated heterocycles. The van der Waals surface area contributed by atoms with Crippen molar-refractivity contribution in [3.05, 3.63) is 24.0 Å². The molecule has 0 aliphatic rings. The fraction of sp³-hybridized carbons (Fsp3) is 0.571. The molecule has 0 aliphatic heterocycles. The highest BCUT2D eigenvalue weighted by atomic mass is 16.6. The van der Waals surface area contributed by atoms with E-state index in [-0.39, 0.29) is 12.0 Å². The Kier molecular flexibility index (Phi) is 4.75. The van der Waals surface area contributed by atoms with Gasteiger partial charge in [0.2, 0.25) is 0 Å². The fourth-order valence-electron chi connectivity index (χ4n) is 1.65. The summed E-state index contributed by atoms with van der Waals surface area (Å²) in [5.74, 6) is 0.182. The summed E-state index contributed by atoms with van der Waals surface area (Å²) in [5.41, 5.74) is 6.59. The fourth-order valence-corrected chi connectivity index (χ4v) is 1.65. The molecule has 0 saturated carbocycles. The maximum Gasteiger partial charge on any atom is 0.408 e. The topological polar surface area (TPSA) is 77.2 Å². The number of hydrogen-bond donors (Lipinski definition) is 2. The molecular formula is C14H23N3O2. The van der Waals surface area contributed by atoms with Crippen molar-refractivity contribution in [1.29, 1.82) is 0 Å². The number of ether oxygens (including phenoxy) is 1. The second-order valence-electron chi connectivity index (χ2n) is 5.88. The number of nitrogen functional groups attached to an aromatic ring is 1. The van der Waals surface area contributed by atoms with Crippen molar-refractivity contribution < 1.29 is 9.53 Å². The van der Waals surface area contributed by atoms with Gasteiger partial charge >= 0.3 is 6.09 Å². The Balaban J connectivity index is 2.82. The molecule has 1 heterocycles. The second kappa shape index (κ2) is 5.91. The quantitative estimate of drug-likeness (QED) is 0.881. The molecule has 0 fully saturated rings. The number of nitrogens with zero attached hydrogens (tertiary/aromatic N) is 1. The van der Waals surface area contributed by atoms with Gasteiger partial charge in [0.15, 0.2) is 0 Å². The van der Waals surface area contributed by atoms with E-state index in [9.17, 15) is 4.79 Å². The molecule has 5 nitrogen and oxygen atoms in total. The van der Waals surface area contributed by atoms with Crippen molar-refractivity contribution in [1.82, 2.24) is 10.3 Å². The first kappa shape index (κ1) is 15.3. The minimum absolute atomic E-state index is 0.182. The number of rotatable bonds is 3. The van der Waals surface area contributed by atoms with Crippen molar-refractivity contribution in [3.63, 3.8) is 0 Å². The van der Waals surface area contributed by atoms with Crippen LogP contribution in [0.25, 0.3) is 0 Å². The van der Waals surface area contributed by atoms with E-state index < -0.39 is 11.7 Å². The minimum Gasteiger partial charge on any atom is -0.444 e. The second-order valence-corrected chi connectivity index (χ2v) is 5.88. The van der Waals surface area contributed by atoms with E-state index in [1.165, 1.54) is 0 Å². The van der Waals surface area contributed by atoms with Gasteiger partial charge in [-0.3, -0.25) is 4.98 Å². The monoisotopic (exact) mass is 265 g/mol. The highest BCUT2D eigenvalue weighted by molar-refractivity contribution is 5.68. The van der Waals surface area contributed by atoms with Gasteiger partial charge in [0.25, 0.3) is 0 Å². The zero-order valence-corrected chi connectivity index (χ0v) is 12.2. The van der Waals surface area contributed by atoms with Crippen LogP contribution in [-0.4, -0.2) is 16.7 Å². The van der Waals surface area contributed by atoms with Crippen LogP contribution in [0.3, 0.4) is 0 Å². The van der Waals surface area contributed by atoms with Crippen LogP contribution in [0.4, 0.5) is 10.5 Å². The predicted molar refractivity (Wildman–Crippen MR) is 75.6 cm³/mol. The third kappa shape index (κ3) is 5.16. The summed E-state index contributed by atoms with van der Waals surface area (Å²) in [5, 5.41) is 2.84. The number of carbonyl (C=O) groups excluding carboxylic acids is 1. The highest BCUT2D eigenvalue weighted by Crippen LogP contribution is 2.22. The van der Waals surface area contributed by atoms with Crippen LogP contribution in [0.15, 0.2) is 18.3 Å². The third-order valence-electron chi connectivity index (χ3n) is 2.46.